The number of hydrogen-bond donors (Lipinski definition) is 2. The number of amides is 4. The van der Waals surface area contributed by atoms with E-state index in [1.165, 1.54) is 13.0 Å². The highest BCUT2D eigenvalue weighted by atomic mass is 19.2. The maximum atomic E-state index is 13.7. The first kappa shape index (κ1) is 21.9. The van der Waals surface area contributed by atoms with Gasteiger partial charge >= 0.3 is 6.03 Å². The summed E-state index contributed by atoms with van der Waals surface area (Å²) in [5.41, 5.74) is -1.23. The van der Waals surface area contributed by atoms with Gasteiger partial charge in [0.15, 0.2) is 17.4 Å². The molecule has 0 aromatic heterocycles. The number of para-hydroxylation sites is 3. The van der Waals surface area contributed by atoms with Crippen LogP contribution >= 0.6 is 0 Å². The minimum Gasteiger partial charge on any atom is -0.455 e. The smallest absolute Gasteiger partial charge is 0.325 e. The van der Waals surface area contributed by atoms with Gasteiger partial charge in [-0.25, -0.2) is 13.6 Å². The molecule has 1 aliphatic heterocycles. The number of urea groups is 1. The molecule has 3 aromatic rings. The fourth-order valence-corrected chi connectivity index (χ4v) is 3.45. The van der Waals surface area contributed by atoms with Crippen molar-refractivity contribution >= 4 is 23.5 Å². The second-order valence-corrected chi connectivity index (χ2v) is 7.53. The second kappa shape index (κ2) is 8.70. The van der Waals surface area contributed by atoms with E-state index in [1.54, 1.807) is 48.5 Å². The van der Waals surface area contributed by atoms with Crippen LogP contribution in [-0.4, -0.2) is 29.3 Å². The maximum Gasteiger partial charge on any atom is 0.325 e. The zero-order valence-electron chi connectivity index (χ0n) is 17.5. The van der Waals surface area contributed by atoms with E-state index < -0.39 is 41.6 Å². The number of carbonyl (C=O) groups is 3. The van der Waals surface area contributed by atoms with Crippen LogP contribution in [0, 0.1) is 11.6 Å². The van der Waals surface area contributed by atoms with Gasteiger partial charge < -0.3 is 15.4 Å². The van der Waals surface area contributed by atoms with Crippen LogP contribution in [0.15, 0.2) is 72.8 Å². The number of carbonyl (C=O) groups excluding carboxylic acids is 3. The van der Waals surface area contributed by atoms with Gasteiger partial charge in [-0.05, 0) is 48.9 Å². The molecule has 1 atom stereocenters. The quantitative estimate of drug-likeness (QED) is 0.551. The van der Waals surface area contributed by atoms with E-state index in [1.807, 2.05) is 6.07 Å². The SMILES string of the molecule is CC1(c2ccc(F)c(F)c2)NC(=O)N(CC(=O)Nc2ccccc2Oc2ccccc2)C1=O. The Morgan fingerprint density at radius 1 is 1.00 bits per heavy atom. The fraction of sp³-hybridized carbons (Fsp3) is 0.125. The van der Waals surface area contributed by atoms with Crippen LogP contribution in [0.25, 0.3) is 0 Å². The first-order valence-electron chi connectivity index (χ1n) is 9.99. The molecule has 0 bridgehead atoms. The third-order valence-corrected chi connectivity index (χ3v) is 5.21. The van der Waals surface area contributed by atoms with E-state index in [0.29, 0.717) is 17.2 Å². The van der Waals surface area contributed by atoms with Crippen molar-refractivity contribution in [3.05, 3.63) is 90.0 Å². The van der Waals surface area contributed by atoms with Crippen molar-refractivity contribution in [2.75, 3.05) is 11.9 Å². The summed E-state index contributed by atoms with van der Waals surface area (Å²) in [6.45, 7) is 0.782. The Morgan fingerprint density at radius 3 is 2.42 bits per heavy atom. The van der Waals surface area contributed by atoms with Crippen LogP contribution in [0.1, 0.15) is 12.5 Å². The van der Waals surface area contributed by atoms with Gasteiger partial charge in [0.1, 0.15) is 17.8 Å². The van der Waals surface area contributed by atoms with Gasteiger partial charge in [-0.1, -0.05) is 36.4 Å². The summed E-state index contributed by atoms with van der Waals surface area (Å²) < 4.78 is 32.8. The molecule has 7 nitrogen and oxygen atoms in total. The Labute approximate surface area is 188 Å². The second-order valence-electron chi connectivity index (χ2n) is 7.53. The normalized spacial score (nSPS) is 17.6. The van der Waals surface area contributed by atoms with Crippen molar-refractivity contribution < 1.29 is 27.9 Å². The van der Waals surface area contributed by atoms with Crippen LogP contribution < -0.4 is 15.4 Å². The summed E-state index contributed by atoms with van der Waals surface area (Å²) in [5.74, 6) is -2.69. The van der Waals surface area contributed by atoms with Crippen LogP contribution in [-0.2, 0) is 15.1 Å². The van der Waals surface area contributed by atoms with E-state index in [4.69, 9.17) is 4.74 Å². The molecule has 4 amide bonds. The van der Waals surface area contributed by atoms with E-state index in [-0.39, 0.29) is 5.56 Å². The van der Waals surface area contributed by atoms with Crippen molar-refractivity contribution in [2.24, 2.45) is 0 Å². The summed E-state index contributed by atoms with van der Waals surface area (Å²) in [4.78, 5) is 38.8. The molecule has 1 unspecified atom stereocenters. The number of anilines is 1. The molecule has 9 heteroatoms. The van der Waals surface area contributed by atoms with E-state index in [9.17, 15) is 23.2 Å². The Kier molecular flexibility index (Phi) is 5.78. The average Bonchev–Trinajstić information content (AvgIpc) is 3.01. The lowest BCUT2D eigenvalue weighted by Crippen LogP contribution is -2.42. The molecule has 3 aromatic carbocycles. The molecule has 0 radical (unpaired) electrons. The van der Waals surface area contributed by atoms with Gasteiger partial charge in [-0.3, -0.25) is 14.5 Å². The van der Waals surface area contributed by atoms with E-state index >= 15 is 0 Å². The maximum absolute atomic E-state index is 13.7. The third-order valence-electron chi connectivity index (χ3n) is 5.21. The lowest BCUT2D eigenvalue weighted by molar-refractivity contribution is -0.133. The largest absolute Gasteiger partial charge is 0.455 e. The van der Waals surface area contributed by atoms with Gasteiger partial charge in [-0.15, -0.1) is 0 Å². The molecule has 1 saturated heterocycles. The Morgan fingerprint density at radius 2 is 1.70 bits per heavy atom. The number of nitrogens with zero attached hydrogens (tertiary/aromatic N) is 1. The highest BCUT2D eigenvalue weighted by molar-refractivity contribution is 6.10. The zero-order valence-corrected chi connectivity index (χ0v) is 17.5. The van der Waals surface area contributed by atoms with Crippen LogP contribution in [0.5, 0.6) is 11.5 Å². The lowest BCUT2D eigenvalue weighted by atomic mass is 9.92. The Bertz CT molecular complexity index is 1240. The minimum absolute atomic E-state index is 0.0595. The summed E-state index contributed by atoms with van der Waals surface area (Å²) in [7, 11) is 0. The molecule has 0 spiro atoms. The molecular formula is C24H19F2N3O4. The van der Waals surface area contributed by atoms with E-state index in [0.717, 1.165) is 17.0 Å². The Balaban J connectivity index is 1.49. The molecule has 0 aliphatic carbocycles. The van der Waals surface area contributed by atoms with Crippen LogP contribution in [0.4, 0.5) is 19.3 Å². The molecule has 33 heavy (non-hydrogen) atoms. The van der Waals surface area contributed by atoms with Crippen molar-refractivity contribution in [1.29, 1.82) is 0 Å². The number of benzene rings is 3. The first-order valence-corrected chi connectivity index (χ1v) is 9.99. The standard InChI is InChI=1S/C24H19F2N3O4/c1-24(15-11-12-17(25)18(26)13-15)22(31)29(23(32)28-24)14-21(30)27-19-9-5-6-10-20(19)33-16-7-3-2-4-8-16/h2-13H,14H2,1H3,(H,27,30)(H,28,32). The van der Waals surface area contributed by atoms with Gasteiger partial charge in [0, 0.05) is 0 Å². The van der Waals surface area contributed by atoms with Crippen molar-refractivity contribution in [3.8, 4) is 11.5 Å². The van der Waals surface area contributed by atoms with Crippen molar-refractivity contribution in [2.45, 2.75) is 12.5 Å². The number of hydrogen-bond acceptors (Lipinski definition) is 4. The van der Waals surface area contributed by atoms with Crippen molar-refractivity contribution in [1.82, 2.24) is 10.2 Å². The number of nitrogens with one attached hydrogen (secondary N) is 2. The lowest BCUT2D eigenvalue weighted by Gasteiger charge is -2.22. The number of imide groups is 1. The highest BCUT2D eigenvalue weighted by Crippen LogP contribution is 2.31. The predicted octanol–water partition coefficient (Wildman–Crippen LogP) is 4.16. The van der Waals surface area contributed by atoms with Gasteiger partial charge in [0.25, 0.3) is 5.91 Å². The number of ether oxygens (including phenoxy) is 1. The first-order chi connectivity index (χ1) is 15.8. The fourth-order valence-electron chi connectivity index (χ4n) is 3.45. The molecule has 168 valence electrons. The third kappa shape index (κ3) is 4.38. The molecule has 1 heterocycles. The molecule has 1 fully saturated rings. The average molecular weight is 451 g/mol. The summed E-state index contributed by atoms with van der Waals surface area (Å²) in [5, 5.41) is 5.09. The van der Waals surface area contributed by atoms with Crippen LogP contribution in [0.3, 0.4) is 0 Å². The highest BCUT2D eigenvalue weighted by Gasteiger charge is 2.49. The topological polar surface area (TPSA) is 87.7 Å². The summed E-state index contributed by atoms with van der Waals surface area (Å²) >= 11 is 0. The summed E-state index contributed by atoms with van der Waals surface area (Å²) in [6.07, 6.45) is 0. The summed E-state index contributed by atoms with van der Waals surface area (Å²) in [6, 6.07) is 17.8. The van der Waals surface area contributed by atoms with Crippen molar-refractivity contribution in [3.63, 3.8) is 0 Å². The van der Waals surface area contributed by atoms with Gasteiger partial charge in [0.2, 0.25) is 5.91 Å². The Hall–Kier alpha value is -4.27. The zero-order chi connectivity index (χ0) is 23.6. The molecule has 1 aliphatic rings. The van der Waals surface area contributed by atoms with E-state index in [2.05, 4.69) is 10.6 Å². The number of rotatable bonds is 6. The monoisotopic (exact) mass is 451 g/mol. The number of halogens is 2. The van der Waals surface area contributed by atoms with Gasteiger partial charge in [-0.2, -0.15) is 0 Å². The molecular weight excluding hydrogens is 432 g/mol. The minimum atomic E-state index is -1.64. The molecule has 0 saturated carbocycles. The van der Waals surface area contributed by atoms with Crippen LogP contribution in [0.2, 0.25) is 0 Å². The predicted molar refractivity (Wildman–Crippen MR) is 116 cm³/mol. The molecule has 2 N–H and O–H groups in total. The molecule has 4 rings (SSSR count). The van der Waals surface area contributed by atoms with Gasteiger partial charge in [0.05, 0.1) is 5.69 Å².